The molecule has 27 heavy (non-hydrogen) atoms. The molecule has 0 spiro atoms. The van der Waals surface area contributed by atoms with Crippen LogP contribution in [-0.2, 0) is 0 Å². The van der Waals surface area contributed by atoms with E-state index in [1.54, 1.807) is 17.3 Å². The van der Waals surface area contributed by atoms with Crippen molar-refractivity contribution in [1.29, 1.82) is 0 Å². The number of fused-ring (bicyclic) bond motifs is 1. The van der Waals surface area contributed by atoms with Gasteiger partial charge in [-0.25, -0.2) is 18.7 Å². The fourth-order valence-corrected chi connectivity index (χ4v) is 4.33. The molecule has 6 nitrogen and oxygen atoms in total. The zero-order valence-corrected chi connectivity index (χ0v) is 15.7. The van der Waals surface area contributed by atoms with Crippen LogP contribution >= 0.6 is 11.3 Å². The van der Waals surface area contributed by atoms with Gasteiger partial charge in [-0.2, -0.15) is 0 Å². The number of thiazole rings is 1. The number of hydrogen-bond acceptors (Lipinski definition) is 6. The lowest BCUT2D eigenvalue weighted by Gasteiger charge is -2.31. The van der Waals surface area contributed by atoms with Crippen LogP contribution < -0.4 is 0 Å². The van der Waals surface area contributed by atoms with Crippen LogP contribution in [0.1, 0.15) is 57.5 Å². The van der Waals surface area contributed by atoms with Gasteiger partial charge >= 0.3 is 0 Å². The summed E-state index contributed by atoms with van der Waals surface area (Å²) in [5.41, 5.74) is 3.46. The van der Waals surface area contributed by atoms with E-state index < -0.39 is 6.43 Å². The van der Waals surface area contributed by atoms with Crippen LogP contribution in [0, 0.1) is 13.8 Å². The van der Waals surface area contributed by atoms with Crippen LogP contribution in [0.25, 0.3) is 11.1 Å². The standard InChI is InChI=1S/C18H18F2N4O2S/c1-9-14-12(16(19)20)7-13(22-17(14)26-23-9)11-3-5-24(6-4-11)18(25)15-10(2)21-8-27-15/h7-8,11,16H,3-6H2,1-2H3. The van der Waals surface area contributed by atoms with E-state index in [1.165, 1.54) is 17.4 Å². The molecule has 4 heterocycles. The molecule has 0 radical (unpaired) electrons. The number of pyridine rings is 1. The maximum absolute atomic E-state index is 13.5. The van der Waals surface area contributed by atoms with Crippen molar-refractivity contribution in [2.75, 3.05) is 13.1 Å². The van der Waals surface area contributed by atoms with E-state index in [9.17, 15) is 13.6 Å². The molecule has 1 aliphatic heterocycles. The maximum atomic E-state index is 13.5. The fourth-order valence-electron chi connectivity index (χ4n) is 3.56. The highest BCUT2D eigenvalue weighted by Crippen LogP contribution is 2.35. The molecule has 4 rings (SSSR count). The molecule has 0 bridgehead atoms. The molecule has 3 aromatic heterocycles. The third-order valence-corrected chi connectivity index (χ3v) is 5.96. The summed E-state index contributed by atoms with van der Waals surface area (Å²) >= 11 is 1.34. The number of alkyl halides is 2. The molecule has 0 atom stereocenters. The van der Waals surface area contributed by atoms with Gasteiger partial charge in [0.2, 0.25) is 0 Å². The van der Waals surface area contributed by atoms with Crippen LogP contribution in [0.4, 0.5) is 8.78 Å². The molecule has 0 N–H and O–H groups in total. The van der Waals surface area contributed by atoms with Crippen molar-refractivity contribution < 1.29 is 18.1 Å². The lowest BCUT2D eigenvalue weighted by molar-refractivity contribution is 0.0716. The second kappa shape index (κ2) is 6.95. The predicted octanol–water partition coefficient (Wildman–Crippen LogP) is 4.25. The summed E-state index contributed by atoms with van der Waals surface area (Å²) in [6.45, 7) is 4.56. The van der Waals surface area contributed by atoms with Gasteiger partial charge < -0.3 is 9.42 Å². The van der Waals surface area contributed by atoms with Crippen molar-refractivity contribution >= 4 is 28.3 Å². The van der Waals surface area contributed by atoms with Crippen LogP contribution in [0.3, 0.4) is 0 Å². The molecule has 1 amide bonds. The molecule has 9 heteroatoms. The number of amides is 1. The number of aryl methyl sites for hydroxylation is 2. The van der Waals surface area contributed by atoms with Gasteiger partial charge in [-0.15, -0.1) is 11.3 Å². The SMILES string of the molecule is Cc1ncsc1C(=O)N1CCC(c2cc(C(F)F)c3c(C)noc3n2)CC1. The van der Waals surface area contributed by atoms with Gasteiger partial charge in [0.05, 0.1) is 22.3 Å². The van der Waals surface area contributed by atoms with Crippen molar-refractivity contribution in [2.45, 2.75) is 39.0 Å². The highest BCUT2D eigenvalue weighted by Gasteiger charge is 2.29. The van der Waals surface area contributed by atoms with Crippen LogP contribution in [-0.4, -0.2) is 39.0 Å². The average Bonchev–Trinajstić information content (AvgIpc) is 3.26. The Kier molecular flexibility index (Phi) is 4.63. The highest BCUT2D eigenvalue weighted by atomic mass is 32.1. The fraction of sp³-hybridized carbons (Fsp3) is 0.444. The third-order valence-electron chi connectivity index (χ3n) is 5.04. The predicted molar refractivity (Wildman–Crippen MR) is 96.2 cm³/mol. The Labute approximate surface area is 158 Å². The van der Waals surface area contributed by atoms with Crippen LogP contribution in [0.2, 0.25) is 0 Å². The molecular formula is C18H18F2N4O2S. The van der Waals surface area contributed by atoms with E-state index in [4.69, 9.17) is 4.52 Å². The van der Waals surface area contributed by atoms with Gasteiger partial charge in [-0.1, -0.05) is 5.16 Å². The molecule has 0 aliphatic carbocycles. The third kappa shape index (κ3) is 3.20. The van der Waals surface area contributed by atoms with Crippen molar-refractivity contribution in [1.82, 2.24) is 20.0 Å². The molecule has 1 aliphatic rings. The Hall–Kier alpha value is -2.42. The Morgan fingerprint density at radius 3 is 2.67 bits per heavy atom. The molecule has 3 aromatic rings. The van der Waals surface area contributed by atoms with Gasteiger partial charge in [0.25, 0.3) is 18.0 Å². The molecule has 1 fully saturated rings. The number of nitrogens with zero attached hydrogens (tertiary/aromatic N) is 4. The Balaban J connectivity index is 1.55. The topological polar surface area (TPSA) is 72.1 Å². The van der Waals surface area contributed by atoms with Gasteiger partial charge in [0.1, 0.15) is 4.88 Å². The minimum atomic E-state index is -2.62. The monoisotopic (exact) mass is 392 g/mol. The van der Waals surface area contributed by atoms with Gasteiger partial charge in [-0.05, 0) is 32.8 Å². The first-order chi connectivity index (χ1) is 13.0. The van der Waals surface area contributed by atoms with E-state index in [1.807, 2.05) is 6.92 Å². The Morgan fingerprint density at radius 2 is 2.04 bits per heavy atom. The molecule has 0 unspecified atom stereocenters. The van der Waals surface area contributed by atoms with Crippen LogP contribution in [0.15, 0.2) is 16.1 Å². The van der Waals surface area contributed by atoms with Crippen molar-refractivity contribution in [3.05, 3.63) is 39.1 Å². The average molecular weight is 392 g/mol. The van der Waals surface area contributed by atoms with E-state index in [0.717, 1.165) is 5.69 Å². The number of rotatable bonds is 3. The number of aromatic nitrogens is 3. The zero-order valence-electron chi connectivity index (χ0n) is 14.9. The van der Waals surface area contributed by atoms with Gasteiger partial charge in [0.15, 0.2) is 0 Å². The van der Waals surface area contributed by atoms with E-state index in [2.05, 4.69) is 15.1 Å². The largest absolute Gasteiger partial charge is 0.338 e. The first-order valence-electron chi connectivity index (χ1n) is 8.70. The number of likely N-dealkylation sites (tertiary alicyclic amines) is 1. The van der Waals surface area contributed by atoms with Crippen molar-refractivity contribution in [3.8, 4) is 0 Å². The van der Waals surface area contributed by atoms with Crippen molar-refractivity contribution in [3.63, 3.8) is 0 Å². The number of carbonyl (C=O) groups is 1. The van der Waals surface area contributed by atoms with E-state index >= 15 is 0 Å². The molecular weight excluding hydrogens is 374 g/mol. The number of hydrogen-bond donors (Lipinski definition) is 0. The zero-order chi connectivity index (χ0) is 19.1. The van der Waals surface area contributed by atoms with Crippen LogP contribution in [0.5, 0.6) is 0 Å². The van der Waals surface area contributed by atoms with E-state index in [-0.39, 0.29) is 23.1 Å². The second-order valence-corrected chi connectivity index (χ2v) is 7.57. The summed E-state index contributed by atoms with van der Waals surface area (Å²) in [7, 11) is 0. The molecule has 1 saturated heterocycles. The first-order valence-corrected chi connectivity index (χ1v) is 9.58. The summed E-state index contributed by atoms with van der Waals surface area (Å²) < 4.78 is 32.1. The lowest BCUT2D eigenvalue weighted by atomic mass is 9.91. The quantitative estimate of drug-likeness (QED) is 0.666. The second-order valence-electron chi connectivity index (χ2n) is 6.72. The molecule has 142 valence electrons. The summed E-state index contributed by atoms with van der Waals surface area (Å²) in [6, 6.07) is 1.46. The van der Waals surface area contributed by atoms with Gasteiger partial charge in [-0.3, -0.25) is 4.79 Å². The first kappa shape index (κ1) is 18.0. The lowest BCUT2D eigenvalue weighted by Crippen LogP contribution is -2.38. The number of halogens is 2. The minimum absolute atomic E-state index is 0.00362. The summed E-state index contributed by atoms with van der Waals surface area (Å²) in [4.78, 5) is 23.6. The minimum Gasteiger partial charge on any atom is -0.338 e. The molecule has 0 aromatic carbocycles. The Morgan fingerprint density at radius 1 is 1.30 bits per heavy atom. The maximum Gasteiger partial charge on any atom is 0.265 e. The highest BCUT2D eigenvalue weighted by molar-refractivity contribution is 7.11. The van der Waals surface area contributed by atoms with Crippen molar-refractivity contribution in [2.24, 2.45) is 0 Å². The van der Waals surface area contributed by atoms with E-state index in [0.29, 0.717) is 47.6 Å². The number of carbonyl (C=O) groups excluding carboxylic acids is 1. The van der Waals surface area contributed by atoms with Gasteiger partial charge in [0, 0.05) is 30.3 Å². The normalized spacial score (nSPS) is 15.8. The number of piperidine rings is 1. The Bertz CT molecular complexity index is 993. The summed E-state index contributed by atoms with van der Waals surface area (Å²) in [5, 5.41) is 4.06. The summed E-state index contributed by atoms with van der Waals surface area (Å²) in [6.07, 6.45) is -1.29. The molecule has 0 saturated carbocycles. The smallest absolute Gasteiger partial charge is 0.265 e. The summed E-state index contributed by atoms with van der Waals surface area (Å²) in [5.74, 6) is -0.0140.